The molecule has 1 saturated heterocycles. The van der Waals surface area contributed by atoms with Crippen molar-refractivity contribution in [3.05, 3.63) is 70.8 Å². The minimum absolute atomic E-state index is 0. The molecule has 0 aromatic heterocycles. The molecule has 9 heteroatoms. The summed E-state index contributed by atoms with van der Waals surface area (Å²) in [6, 6.07) is 12.8. The van der Waals surface area contributed by atoms with Crippen LogP contribution in [0.2, 0.25) is 0 Å². The lowest BCUT2D eigenvalue weighted by atomic mass is 10.0. The molecule has 172 valence electrons. The van der Waals surface area contributed by atoms with Gasteiger partial charge in [-0.15, -0.1) is 24.0 Å². The zero-order valence-corrected chi connectivity index (χ0v) is 20.3. The fraction of sp³-hybridized carbons (Fsp3) is 0.391. The van der Waals surface area contributed by atoms with Crippen molar-refractivity contribution in [2.45, 2.75) is 19.5 Å². The number of rotatable bonds is 7. The predicted octanol–water partition coefficient (Wildman–Crippen LogP) is 3.58. The van der Waals surface area contributed by atoms with Crippen LogP contribution < -0.4 is 10.6 Å². The van der Waals surface area contributed by atoms with Crippen molar-refractivity contribution in [3.63, 3.8) is 0 Å². The Bertz CT molecular complexity index is 927. The predicted molar refractivity (Wildman–Crippen MR) is 131 cm³/mol. The Labute approximate surface area is 204 Å². The summed E-state index contributed by atoms with van der Waals surface area (Å²) < 4.78 is 33.0. The number of hydrogen-bond acceptors (Lipinski definition) is 4. The Balaban J connectivity index is 0.00000363. The van der Waals surface area contributed by atoms with Crippen molar-refractivity contribution in [3.8, 4) is 6.07 Å². The molecule has 1 unspecified atom stereocenters. The summed E-state index contributed by atoms with van der Waals surface area (Å²) in [7, 11) is 0. The summed E-state index contributed by atoms with van der Waals surface area (Å²) in [5.74, 6) is -0.116. The quantitative estimate of drug-likeness (QED) is 0.311. The van der Waals surface area contributed by atoms with Gasteiger partial charge < -0.3 is 15.4 Å². The largest absolute Gasteiger partial charge is 0.379 e. The molecule has 0 saturated carbocycles. The molecular weight excluding hydrogens is 527 g/mol. The average molecular weight is 555 g/mol. The average Bonchev–Trinajstić information content (AvgIpc) is 2.80. The van der Waals surface area contributed by atoms with E-state index in [-0.39, 0.29) is 42.4 Å². The topological polar surface area (TPSA) is 72.7 Å². The smallest absolute Gasteiger partial charge is 0.191 e. The number of benzene rings is 2. The molecule has 1 aliphatic rings. The maximum atomic E-state index is 14.1. The molecular formula is C23H28F2IN5O. The normalized spacial score (nSPS) is 15.4. The van der Waals surface area contributed by atoms with E-state index in [4.69, 9.17) is 10.00 Å². The number of guanidine groups is 1. The first-order valence-corrected chi connectivity index (χ1v) is 10.4. The summed E-state index contributed by atoms with van der Waals surface area (Å²) in [5, 5.41) is 15.5. The van der Waals surface area contributed by atoms with E-state index >= 15 is 0 Å². The van der Waals surface area contributed by atoms with Gasteiger partial charge in [-0.1, -0.05) is 12.1 Å². The Hall–Kier alpha value is -2.29. The lowest BCUT2D eigenvalue weighted by Crippen LogP contribution is -2.46. The van der Waals surface area contributed by atoms with Gasteiger partial charge in [-0.05, 0) is 42.8 Å². The standard InChI is InChI=1S/C23H27F2N5O.HI/c1-2-27-23(28-15-19-13-17(14-26)3-8-21(19)25)29-16-22(30-9-11-31-12-10-30)18-4-6-20(24)7-5-18;/h3-8,13,22H,2,9-12,15-16H2,1H3,(H2,27,28,29);1H. The van der Waals surface area contributed by atoms with E-state index in [1.54, 1.807) is 12.1 Å². The molecule has 32 heavy (non-hydrogen) atoms. The number of hydrogen-bond donors (Lipinski definition) is 2. The second-order valence-electron chi connectivity index (χ2n) is 7.21. The van der Waals surface area contributed by atoms with Crippen LogP contribution in [0, 0.1) is 23.0 Å². The number of nitrogens with zero attached hydrogens (tertiary/aromatic N) is 3. The molecule has 1 heterocycles. The molecule has 2 aromatic carbocycles. The Morgan fingerprint density at radius 3 is 2.53 bits per heavy atom. The van der Waals surface area contributed by atoms with Gasteiger partial charge in [-0.2, -0.15) is 5.26 Å². The van der Waals surface area contributed by atoms with Crippen LogP contribution in [0.25, 0.3) is 0 Å². The number of morpholine rings is 1. The number of nitriles is 1. The van der Waals surface area contributed by atoms with E-state index in [1.165, 1.54) is 30.3 Å². The molecule has 1 atom stereocenters. The third-order valence-electron chi connectivity index (χ3n) is 5.13. The van der Waals surface area contributed by atoms with Gasteiger partial charge in [0, 0.05) is 31.7 Å². The molecule has 0 bridgehead atoms. The van der Waals surface area contributed by atoms with Gasteiger partial charge in [0.05, 0.1) is 37.4 Å². The lowest BCUT2D eigenvalue weighted by Gasteiger charge is -2.35. The Morgan fingerprint density at radius 1 is 1.16 bits per heavy atom. The lowest BCUT2D eigenvalue weighted by molar-refractivity contribution is 0.0170. The highest BCUT2D eigenvalue weighted by molar-refractivity contribution is 14.0. The Morgan fingerprint density at radius 2 is 1.88 bits per heavy atom. The Kier molecular flexibility index (Phi) is 10.8. The first-order valence-electron chi connectivity index (χ1n) is 10.4. The van der Waals surface area contributed by atoms with E-state index < -0.39 is 5.82 Å². The second-order valence-corrected chi connectivity index (χ2v) is 7.21. The molecule has 0 spiro atoms. The fourth-order valence-electron chi connectivity index (χ4n) is 3.50. The second kappa shape index (κ2) is 13.3. The maximum absolute atomic E-state index is 14.1. The van der Waals surface area contributed by atoms with Crippen LogP contribution in [0.4, 0.5) is 8.78 Å². The van der Waals surface area contributed by atoms with Crippen molar-refractivity contribution in [1.29, 1.82) is 5.26 Å². The first-order chi connectivity index (χ1) is 15.1. The minimum Gasteiger partial charge on any atom is -0.379 e. The SMILES string of the molecule is CCNC(=NCc1cc(C#N)ccc1F)NCC(c1ccc(F)cc1)N1CCOCC1.I. The van der Waals surface area contributed by atoms with Crippen LogP contribution in [0.1, 0.15) is 29.7 Å². The fourth-order valence-corrected chi connectivity index (χ4v) is 3.50. The van der Waals surface area contributed by atoms with Gasteiger partial charge in [0.1, 0.15) is 11.6 Å². The summed E-state index contributed by atoms with van der Waals surface area (Å²) in [6.07, 6.45) is 0. The van der Waals surface area contributed by atoms with Crippen molar-refractivity contribution in [1.82, 2.24) is 15.5 Å². The van der Waals surface area contributed by atoms with E-state index in [0.29, 0.717) is 43.4 Å². The molecule has 2 aromatic rings. The maximum Gasteiger partial charge on any atom is 0.191 e. The van der Waals surface area contributed by atoms with Crippen LogP contribution in [0.5, 0.6) is 0 Å². The van der Waals surface area contributed by atoms with E-state index in [0.717, 1.165) is 18.7 Å². The molecule has 0 radical (unpaired) electrons. The van der Waals surface area contributed by atoms with Crippen molar-refractivity contribution < 1.29 is 13.5 Å². The summed E-state index contributed by atoms with van der Waals surface area (Å²) in [4.78, 5) is 6.78. The van der Waals surface area contributed by atoms with Crippen LogP contribution in [-0.4, -0.2) is 50.3 Å². The third kappa shape index (κ3) is 7.39. The third-order valence-corrected chi connectivity index (χ3v) is 5.13. The van der Waals surface area contributed by atoms with Crippen LogP contribution in [0.3, 0.4) is 0 Å². The molecule has 6 nitrogen and oxygen atoms in total. The van der Waals surface area contributed by atoms with E-state index in [2.05, 4.69) is 20.5 Å². The van der Waals surface area contributed by atoms with E-state index in [1.807, 2.05) is 13.0 Å². The van der Waals surface area contributed by atoms with Gasteiger partial charge in [0.15, 0.2) is 5.96 Å². The van der Waals surface area contributed by atoms with Crippen LogP contribution in [0.15, 0.2) is 47.5 Å². The number of halogens is 3. The van der Waals surface area contributed by atoms with Gasteiger partial charge in [0.25, 0.3) is 0 Å². The van der Waals surface area contributed by atoms with Gasteiger partial charge >= 0.3 is 0 Å². The monoisotopic (exact) mass is 555 g/mol. The number of aliphatic imine (C=N–C) groups is 1. The zero-order chi connectivity index (χ0) is 22.1. The highest BCUT2D eigenvalue weighted by atomic mass is 127. The van der Waals surface area contributed by atoms with Crippen molar-refractivity contribution in [2.75, 3.05) is 39.4 Å². The van der Waals surface area contributed by atoms with Crippen molar-refractivity contribution in [2.24, 2.45) is 4.99 Å². The van der Waals surface area contributed by atoms with Crippen LogP contribution in [-0.2, 0) is 11.3 Å². The minimum atomic E-state index is -0.392. The first kappa shape index (κ1) is 26.0. The highest BCUT2D eigenvalue weighted by Gasteiger charge is 2.23. The number of ether oxygens (including phenoxy) is 1. The summed E-state index contributed by atoms with van der Waals surface area (Å²) in [6.45, 7) is 6.11. The molecule has 1 fully saturated rings. The zero-order valence-electron chi connectivity index (χ0n) is 18.0. The van der Waals surface area contributed by atoms with Gasteiger partial charge in [-0.3, -0.25) is 4.90 Å². The van der Waals surface area contributed by atoms with Gasteiger partial charge in [-0.25, -0.2) is 13.8 Å². The molecule has 1 aliphatic heterocycles. The molecule has 0 amide bonds. The van der Waals surface area contributed by atoms with Crippen LogP contribution >= 0.6 is 24.0 Å². The van der Waals surface area contributed by atoms with Gasteiger partial charge in [0.2, 0.25) is 0 Å². The highest BCUT2D eigenvalue weighted by Crippen LogP contribution is 2.21. The summed E-state index contributed by atoms with van der Waals surface area (Å²) >= 11 is 0. The summed E-state index contributed by atoms with van der Waals surface area (Å²) in [5.41, 5.74) is 1.76. The van der Waals surface area contributed by atoms with Crippen molar-refractivity contribution >= 4 is 29.9 Å². The molecule has 2 N–H and O–H groups in total. The molecule has 0 aliphatic carbocycles. The molecule has 3 rings (SSSR count). The van der Waals surface area contributed by atoms with E-state index in [9.17, 15) is 8.78 Å². The number of nitrogens with one attached hydrogen (secondary N) is 2.